The summed E-state index contributed by atoms with van der Waals surface area (Å²) in [7, 11) is 0. The minimum Gasteiger partial charge on any atom is -0.301 e. The number of aromatic nitrogens is 1. The molecule has 5 heteroatoms. The van der Waals surface area contributed by atoms with E-state index in [-0.39, 0.29) is 11.3 Å². The molecule has 1 heterocycles. The molecule has 154 valence electrons. The van der Waals surface area contributed by atoms with Gasteiger partial charge in [0.2, 0.25) is 5.91 Å². The Kier molecular flexibility index (Phi) is 4.92. The SMILES string of the molecule is CC1(C(=O)Nc2nc(-c3ccc(Cl)cc3)cs2)CC1(c1ccccc1)c1ccccc1. The molecular weight excluding hydrogens is 424 g/mol. The second kappa shape index (κ2) is 7.63. The zero-order valence-electron chi connectivity index (χ0n) is 17.0. The number of hydrogen-bond donors (Lipinski definition) is 1. The van der Waals surface area contributed by atoms with Crippen molar-refractivity contribution in [2.24, 2.45) is 5.41 Å². The molecule has 1 saturated carbocycles. The molecule has 3 aromatic carbocycles. The van der Waals surface area contributed by atoms with E-state index in [0.29, 0.717) is 10.2 Å². The number of nitrogens with zero attached hydrogens (tertiary/aromatic N) is 1. The van der Waals surface area contributed by atoms with Gasteiger partial charge in [-0.25, -0.2) is 4.98 Å². The van der Waals surface area contributed by atoms with Crippen LogP contribution in [0.5, 0.6) is 0 Å². The van der Waals surface area contributed by atoms with Gasteiger partial charge in [-0.3, -0.25) is 4.79 Å². The van der Waals surface area contributed by atoms with Gasteiger partial charge in [0.25, 0.3) is 0 Å². The van der Waals surface area contributed by atoms with E-state index in [0.717, 1.165) is 17.7 Å². The number of amides is 1. The van der Waals surface area contributed by atoms with E-state index < -0.39 is 5.41 Å². The molecule has 31 heavy (non-hydrogen) atoms. The number of rotatable bonds is 5. The number of thiazole rings is 1. The third-order valence-corrected chi connectivity index (χ3v) is 7.34. The van der Waals surface area contributed by atoms with E-state index >= 15 is 0 Å². The van der Waals surface area contributed by atoms with E-state index in [9.17, 15) is 4.79 Å². The number of anilines is 1. The molecule has 0 radical (unpaired) electrons. The number of nitrogens with one attached hydrogen (secondary N) is 1. The fourth-order valence-electron chi connectivity index (χ4n) is 4.53. The first-order valence-corrected chi connectivity index (χ1v) is 11.4. The molecule has 1 amide bonds. The largest absolute Gasteiger partial charge is 0.301 e. The molecule has 1 aliphatic rings. The van der Waals surface area contributed by atoms with E-state index in [4.69, 9.17) is 11.6 Å². The number of benzene rings is 3. The van der Waals surface area contributed by atoms with E-state index in [1.165, 1.54) is 22.5 Å². The second-order valence-electron chi connectivity index (χ2n) is 8.15. The van der Waals surface area contributed by atoms with Gasteiger partial charge in [-0.15, -0.1) is 11.3 Å². The summed E-state index contributed by atoms with van der Waals surface area (Å²) in [5, 5.41) is 6.33. The third kappa shape index (κ3) is 3.36. The Morgan fingerprint density at radius 1 is 0.935 bits per heavy atom. The Morgan fingerprint density at radius 3 is 2.10 bits per heavy atom. The molecule has 0 saturated heterocycles. The maximum Gasteiger partial charge on any atom is 0.233 e. The summed E-state index contributed by atoms with van der Waals surface area (Å²) in [6.45, 7) is 2.05. The van der Waals surface area contributed by atoms with Gasteiger partial charge in [-0.1, -0.05) is 84.4 Å². The molecule has 0 spiro atoms. The Labute approximate surface area is 190 Å². The van der Waals surface area contributed by atoms with Crippen molar-refractivity contribution in [3.05, 3.63) is 106 Å². The quantitative estimate of drug-likeness (QED) is 0.368. The summed E-state index contributed by atoms with van der Waals surface area (Å²) in [6, 6.07) is 28.2. The normalized spacial score (nSPS) is 19.0. The van der Waals surface area contributed by atoms with Crippen molar-refractivity contribution in [1.29, 1.82) is 0 Å². The fourth-order valence-corrected chi connectivity index (χ4v) is 5.37. The van der Waals surface area contributed by atoms with Gasteiger partial charge in [0.1, 0.15) is 0 Å². The van der Waals surface area contributed by atoms with Crippen LogP contribution in [-0.2, 0) is 10.2 Å². The summed E-state index contributed by atoms with van der Waals surface area (Å²) in [6.07, 6.45) is 0.759. The maximum absolute atomic E-state index is 13.5. The number of carbonyl (C=O) groups is 1. The molecule has 1 unspecified atom stereocenters. The zero-order valence-corrected chi connectivity index (χ0v) is 18.6. The highest BCUT2D eigenvalue weighted by atomic mass is 35.5. The van der Waals surface area contributed by atoms with E-state index in [1.54, 1.807) is 0 Å². The summed E-state index contributed by atoms with van der Waals surface area (Å²) < 4.78 is 0. The van der Waals surface area contributed by atoms with Crippen LogP contribution in [0.1, 0.15) is 24.5 Å². The van der Waals surface area contributed by atoms with Crippen LogP contribution in [0.15, 0.2) is 90.3 Å². The predicted molar refractivity (Wildman–Crippen MR) is 128 cm³/mol. The van der Waals surface area contributed by atoms with Gasteiger partial charge in [0.05, 0.1) is 11.1 Å². The molecule has 1 N–H and O–H groups in total. The van der Waals surface area contributed by atoms with Crippen molar-refractivity contribution >= 4 is 34.0 Å². The highest BCUT2D eigenvalue weighted by molar-refractivity contribution is 7.14. The van der Waals surface area contributed by atoms with Gasteiger partial charge in [-0.05, 0) is 36.6 Å². The van der Waals surface area contributed by atoms with Crippen LogP contribution in [-0.4, -0.2) is 10.9 Å². The van der Waals surface area contributed by atoms with Gasteiger partial charge < -0.3 is 5.32 Å². The summed E-state index contributed by atoms with van der Waals surface area (Å²) in [5.74, 6) is -0.00258. The van der Waals surface area contributed by atoms with Crippen molar-refractivity contribution in [2.75, 3.05) is 5.32 Å². The van der Waals surface area contributed by atoms with Crippen LogP contribution < -0.4 is 5.32 Å². The second-order valence-corrected chi connectivity index (χ2v) is 9.44. The van der Waals surface area contributed by atoms with Crippen molar-refractivity contribution < 1.29 is 4.79 Å². The van der Waals surface area contributed by atoms with Crippen LogP contribution >= 0.6 is 22.9 Å². The lowest BCUT2D eigenvalue weighted by Gasteiger charge is -2.23. The highest BCUT2D eigenvalue weighted by Crippen LogP contribution is 2.68. The summed E-state index contributed by atoms with van der Waals surface area (Å²) in [5.41, 5.74) is 3.24. The van der Waals surface area contributed by atoms with Crippen LogP contribution in [0.25, 0.3) is 11.3 Å². The Bertz CT molecular complexity index is 1180. The van der Waals surface area contributed by atoms with Crippen LogP contribution in [0, 0.1) is 5.41 Å². The first kappa shape index (κ1) is 20.0. The lowest BCUT2D eigenvalue weighted by molar-refractivity contribution is -0.121. The molecule has 5 rings (SSSR count). The van der Waals surface area contributed by atoms with Crippen LogP contribution in [0.2, 0.25) is 5.02 Å². The number of halogens is 1. The summed E-state index contributed by atoms with van der Waals surface area (Å²) in [4.78, 5) is 18.1. The highest BCUT2D eigenvalue weighted by Gasteiger charge is 2.70. The minimum atomic E-state index is -0.554. The van der Waals surface area contributed by atoms with Gasteiger partial charge in [0, 0.05) is 21.4 Å². The first-order valence-electron chi connectivity index (χ1n) is 10.2. The molecule has 1 aromatic heterocycles. The zero-order chi connectivity index (χ0) is 21.5. The van der Waals surface area contributed by atoms with Crippen LogP contribution in [0.4, 0.5) is 5.13 Å². The topological polar surface area (TPSA) is 42.0 Å². The van der Waals surface area contributed by atoms with Crippen molar-refractivity contribution in [1.82, 2.24) is 4.98 Å². The minimum absolute atomic E-state index is 0.00258. The molecule has 1 aliphatic carbocycles. The number of carbonyl (C=O) groups excluding carboxylic acids is 1. The Balaban J connectivity index is 1.43. The first-order chi connectivity index (χ1) is 15.0. The van der Waals surface area contributed by atoms with E-state index in [2.05, 4.69) is 41.5 Å². The average Bonchev–Trinajstić information content (AvgIpc) is 3.21. The molecule has 3 nitrogen and oxygen atoms in total. The Morgan fingerprint density at radius 2 is 1.52 bits per heavy atom. The molecule has 1 fully saturated rings. The number of hydrogen-bond acceptors (Lipinski definition) is 3. The smallest absolute Gasteiger partial charge is 0.233 e. The van der Waals surface area contributed by atoms with Crippen LogP contribution in [0.3, 0.4) is 0 Å². The molecule has 4 aromatic rings. The molecular formula is C26H21ClN2OS. The molecule has 0 aliphatic heterocycles. The molecule has 1 atom stereocenters. The Hall–Kier alpha value is -2.95. The van der Waals surface area contributed by atoms with E-state index in [1.807, 2.05) is 66.0 Å². The predicted octanol–water partition coefficient (Wildman–Crippen LogP) is 6.80. The van der Waals surface area contributed by atoms with Crippen molar-refractivity contribution in [3.8, 4) is 11.3 Å². The van der Waals surface area contributed by atoms with Gasteiger partial charge in [-0.2, -0.15) is 0 Å². The lowest BCUT2D eigenvalue weighted by Crippen LogP contribution is -2.30. The summed E-state index contributed by atoms with van der Waals surface area (Å²) >= 11 is 7.42. The molecule has 0 bridgehead atoms. The fraction of sp³-hybridized carbons (Fsp3) is 0.154. The van der Waals surface area contributed by atoms with Crippen molar-refractivity contribution in [2.45, 2.75) is 18.8 Å². The monoisotopic (exact) mass is 444 g/mol. The average molecular weight is 445 g/mol. The van der Waals surface area contributed by atoms with Crippen molar-refractivity contribution in [3.63, 3.8) is 0 Å². The van der Waals surface area contributed by atoms with Gasteiger partial charge >= 0.3 is 0 Å². The maximum atomic E-state index is 13.5. The third-order valence-electron chi connectivity index (χ3n) is 6.33. The standard InChI is InChI=1S/C26H21ClN2OS/c1-25(17-26(25,19-8-4-2-5-9-19)20-10-6-3-7-11-20)23(30)29-24-28-22(16-31-24)18-12-14-21(27)15-13-18/h2-16H,17H2,1H3,(H,28,29,30). The lowest BCUT2D eigenvalue weighted by atomic mass is 9.80. The van der Waals surface area contributed by atoms with Gasteiger partial charge in [0.15, 0.2) is 5.13 Å².